The SMILES string of the molecule is COc1ccc(S(=O)(=O)N2CCN(C(=O)CN3CCOC4CCCCC43)CC2)cc1OC. The summed E-state index contributed by atoms with van der Waals surface area (Å²) in [6, 6.07) is 4.91. The Hall–Kier alpha value is -1.88. The van der Waals surface area contributed by atoms with Crippen LogP contribution in [0, 0.1) is 0 Å². The van der Waals surface area contributed by atoms with E-state index in [-0.39, 0.29) is 30.0 Å². The smallest absolute Gasteiger partial charge is 0.243 e. The lowest BCUT2D eigenvalue weighted by molar-refractivity contribution is -0.140. The highest BCUT2D eigenvalue weighted by Gasteiger charge is 2.36. The third-order valence-electron chi connectivity index (χ3n) is 6.77. The van der Waals surface area contributed by atoms with Crippen molar-refractivity contribution >= 4 is 15.9 Å². The Kier molecular flexibility index (Phi) is 7.24. The summed E-state index contributed by atoms with van der Waals surface area (Å²) in [5.41, 5.74) is 0. The van der Waals surface area contributed by atoms with Gasteiger partial charge in [-0.05, 0) is 25.0 Å². The molecule has 1 aromatic carbocycles. The average Bonchev–Trinajstić information content (AvgIpc) is 2.83. The van der Waals surface area contributed by atoms with Crippen LogP contribution in [0.5, 0.6) is 11.5 Å². The molecule has 2 aliphatic heterocycles. The van der Waals surface area contributed by atoms with Gasteiger partial charge in [0.25, 0.3) is 0 Å². The van der Waals surface area contributed by atoms with Gasteiger partial charge in [-0.2, -0.15) is 4.31 Å². The van der Waals surface area contributed by atoms with Crippen molar-refractivity contribution in [3.05, 3.63) is 18.2 Å². The van der Waals surface area contributed by atoms with Gasteiger partial charge in [-0.25, -0.2) is 8.42 Å². The second-order valence-corrected chi connectivity index (χ2v) is 10.5. The van der Waals surface area contributed by atoms with Gasteiger partial charge in [0.2, 0.25) is 15.9 Å². The molecule has 32 heavy (non-hydrogen) atoms. The zero-order valence-corrected chi connectivity index (χ0v) is 19.7. The monoisotopic (exact) mass is 467 g/mol. The second-order valence-electron chi connectivity index (χ2n) is 8.53. The Labute approximate surface area is 190 Å². The predicted octanol–water partition coefficient (Wildman–Crippen LogP) is 1.18. The minimum atomic E-state index is -3.68. The van der Waals surface area contributed by atoms with Gasteiger partial charge in [-0.15, -0.1) is 0 Å². The first-order valence-electron chi connectivity index (χ1n) is 11.3. The van der Waals surface area contributed by atoms with E-state index in [2.05, 4.69) is 4.90 Å². The van der Waals surface area contributed by atoms with Crippen molar-refractivity contribution in [2.75, 3.05) is 60.1 Å². The second kappa shape index (κ2) is 9.94. The summed E-state index contributed by atoms with van der Waals surface area (Å²) >= 11 is 0. The summed E-state index contributed by atoms with van der Waals surface area (Å²) < 4.78 is 44.0. The van der Waals surface area contributed by atoms with E-state index in [4.69, 9.17) is 14.2 Å². The molecule has 2 heterocycles. The van der Waals surface area contributed by atoms with Crippen LogP contribution in [0.4, 0.5) is 0 Å². The number of hydrogen-bond donors (Lipinski definition) is 0. The Morgan fingerprint density at radius 1 is 1.03 bits per heavy atom. The van der Waals surface area contributed by atoms with Gasteiger partial charge < -0.3 is 19.1 Å². The van der Waals surface area contributed by atoms with Gasteiger partial charge in [-0.1, -0.05) is 12.8 Å². The first-order chi connectivity index (χ1) is 15.4. The zero-order valence-electron chi connectivity index (χ0n) is 18.9. The number of hydrogen-bond acceptors (Lipinski definition) is 7. The fraction of sp³-hybridized carbons (Fsp3) is 0.682. The number of rotatable bonds is 6. The number of sulfonamides is 1. The van der Waals surface area contributed by atoms with E-state index in [1.54, 1.807) is 11.0 Å². The highest BCUT2D eigenvalue weighted by Crippen LogP contribution is 2.31. The maximum atomic E-state index is 13.1. The summed E-state index contributed by atoms with van der Waals surface area (Å²) in [6.07, 6.45) is 4.77. The largest absolute Gasteiger partial charge is 0.493 e. The molecule has 0 N–H and O–H groups in total. The number of carbonyl (C=O) groups is 1. The maximum Gasteiger partial charge on any atom is 0.243 e. The van der Waals surface area contributed by atoms with Gasteiger partial charge in [0.15, 0.2) is 11.5 Å². The molecule has 4 rings (SSSR count). The minimum Gasteiger partial charge on any atom is -0.493 e. The molecule has 2 unspecified atom stereocenters. The Morgan fingerprint density at radius 2 is 1.75 bits per heavy atom. The van der Waals surface area contributed by atoms with E-state index in [1.165, 1.54) is 43.5 Å². The fourth-order valence-electron chi connectivity index (χ4n) is 4.95. The topological polar surface area (TPSA) is 88.6 Å². The van der Waals surface area contributed by atoms with Gasteiger partial charge in [-0.3, -0.25) is 9.69 Å². The molecule has 10 heteroatoms. The molecular weight excluding hydrogens is 434 g/mol. The number of fused-ring (bicyclic) bond motifs is 1. The molecular formula is C22H33N3O6S. The summed E-state index contributed by atoms with van der Waals surface area (Å²) in [4.78, 5) is 17.2. The van der Waals surface area contributed by atoms with Crippen LogP contribution in [-0.2, 0) is 19.6 Å². The third kappa shape index (κ3) is 4.73. The first kappa shape index (κ1) is 23.3. The van der Waals surface area contributed by atoms with Crippen molar-refractivity contribution in [3.63, 3.8) is 0 Å². The summed E-state index contributed by atoms with van der Waals surface area (Å²) in [5.74, 6) is 0.915. The number of nitrogens with zero attached hydrogens (tertiary/aromatic N) is 3. The molecule has 3 aliphatic rings. The number of amides is 1. The number of piperazine rings is 1. The van der Waals surface area contributed by atoms with Crippen molar-refractivity contribution in [1.82, 2.24) is 14.1 Å². The normalized spacial score (nSPS) is 25.2. The van der Waals surface area contributed by atoms with Gasteiger partial charge in [0.05, 0.1) is 38.4 Å². The van der Waals surface area contributed by atoms with Crippen LogP contribution in [0.25, 0.3) is 0 Å². The highest BCUT2D eigenvalue weighted by atomic mass is 32.2. The van der Waals surface area contributed by atoms with Crippen LogP contribution in [0.15, 0.2) is 23.1 Å². The highest BCUT2D eigenvalue weighted by molar-refractivity contribution is 7.89. The van der Waals surface area contributed by atoms with Crippen LogP contribution < -0.4 is 9.47 Å². The lowest BCUT2D eigenvalue weighted by Crippen LogP contribution is -2.57. The van der Waals surface area contributed by atoms with E-state index in [1.807, 2.05) is 0 Å². The molecule has 2 saturated heterocycles. The van der Waals surface area contributed by atoms with Crippen molar-refractivity contribution < 1.29 is 27.4 Å². The van der Waals surface area contributed by atoms with Crippen molar-refractivity contribution in [2.24, 2.45) is 0 Å². The fourth-order valence-corrected chi connectivity index (χ4v) is 6.39. The van der Waals surface area contributed by atoms with Crippen LogP contribution in [0.1, 0.15) is 25.7 Å². The number of benzene rings is 1. The third-order valence-corrected chi connectivity index (χ3v) is 8.66. The summed E-state index contributed by atoms with van der Waals surface area (Å²) in [5, 5.41) is 0. The average molecular weight is 468 g/mol. The molecule has 2 atom stereocenters. The number of morpholine rings is 1. The number of methoxy groups -OCH3 is 2. The molecule has 0 spiro atoms. The van der Waals surface area contributed by atoms with Crippen molar-refractivity contribution in [1.29, 1.82) is 0 Å². The van der Waals surface area contributed by atoms with Crippen molar-refractivity contribution in [3.8, 4) is 11.5 Å². The zero-order chi connectivity index (χ0) is 22.7. The molecule has 1 aromatic rings. The summed E-state index contributed by atoms with van der Waals surface area (Å²) in [7, 11) is -0.697. The molecule has 178 valence electrons. The molecule has 0 bridgehead atoms. The van der Waals surface area contributed by atoms with Gasteiger partial charge >= 0.3 is 0 Å². The molecule has 0 radical (unpaired) electrons. The number of ether oxygens (including phenoxy) is 3. The van der Waals surface area contributed by atoms with Crippen LogP contribution in [0.2, 0.25) is 0 Å². The van der Waals surface area contributed by atoms with Gasteiger partial charge in [0.1, 0.15) is 0 Å². The number of carbonyl (C=O) groups excluding carboxylic acids is 1. The molecule has 3 fully saturated rings. The van der Waals surface area contributed by atoms with E-state index >= 15 is 0 Å². The molecule has 1 aliphatic carbocycles. The molecule has 9 nitrogen and oxygen atoms in total. The Bertz CT molecular complexity index is 914. The molecule has 1 saturated carbocycles. The quantitative estimate of drug-likeness (QED) is 0.621. The maximum absolute atomic E-state index is 13.1. The lowest BCUT2D eigenvalue weighted by Gasteiger charge is -2.44. The molecule has 0 aromatic heterocycles. The van der Waals surface area contributed by atoms with Crippen LogP contribution in [-0.4, -0.2) is 101 Å². The minimum absolute atomic E-state index is 0.0689. The lowest BCUT2D eigenvalue weighted by atomic mass is 9.90. The summed E-state index contributed by atoms with van der Waals surface area (Å²) in [6.45, 7) is 3.17. The van der Waals surface area contributed by atoms with E-state index in [9.17, 15) is 13.2 Å². The first-order valence-corrected chi connectivity index (χ1v) is 12.7. The van der Waals surface area contributed by atoms with Gasteiger partial charge in [0, 0.05) is 44.8 Å². The predicted molar refractivity (Wildman–Crippen MR) is 118 cm³/mol. The molecule has 1 amide bonds. The van der Waals surface area contributed by atoms with E-state index < -0.39 is 10.0 Å². The standard InChI is InChI=1S/C22H33N3O6S/c1-29-20-8-7-17(15-21(20)30-2)32(27,28)25-11-9-23(10-12-25)22(26)16-24-13-14-31-19-6-4-3-5-18(19)24/h7-8,15,18-19H,3-6,9-14,16H2,1-2H3. The Balaban J connectivity index is 1.35. The van der Waals surface area contributed by atoms with Crippen molar-refractivity contribution in [2.45, 2.75) is 42.7 Å². The van der Waals surface area contributed by atoms with E-state index in [0.717, 1.165) is 19.4 Å². The Morgan fingerprint density at radius 3 is 2.47 bits per heavy atom. The van der Waals surface area contributed by atoms with Crippen LogP contribution in [0.3, 0.4) is 0 Å². The van der Waals surface area contributed by atoms with Crippen LogP contribution >= 0.6 is 0 Å². The van der Waals surface area contributed by atoms with E-state index in [0.29, 0.717) is 43.8 Å².